The van der Waals surface area contributed by atoms with Crippen molar-refractivity contribution in [3.8, 4) is 5.75 Å². The first-order valence-corrected chi connectivity index (χ1v) is 14.4. The predicted octanol–water partition coefficient (Wildman–Crippen LogP) is 5.84. The van der Waals surface area contributed by atoms with Gasteiger partial charge in [-0.3, -0.25) is 4.79 Å². The molecule has 1 aromatic heterocycles. The molecular formula is C32H45N5O5. The summed E-state index contributed by atoms with van der Waals surface area (Å²) in [6, 6.07) is 15.7. The average Bonchev–Trinajstić information content (AvgIpc) is 3.36. The fourth-order valence-corrected chi connectivity index (χ4v) is 4.61. The lowest BCUT2D eigenvalue weighted by molar-refractivity contribution is -0.161. The van der Waals surface area contributed by atoms with Gasteiger partial charge in [-0.25, -0.2) is 9.48 Å². The van der Waals surface area contributed by atoms with Crippen LogP contribution in [0.1, 0.15) is 89.7 Å². The van der Waals surface area contributed by atoms with Crippen molar-refractivity contribution in [1.82, 2.24) is 25.5 Å². The summed E-state index contributed by atoms with van der Waals surface area (Å²) in [6.45, 7) is 14.0. The van der Waals surface area contributed by atoms with Gasteiger partial charge in [0.25, 0.3) is 0 Å². The van der Waals surface area contributed by atoms with E-state index in [-0.39, 0.29) is 11.9 Å². The van der Waals surface area contributed by atoms with Crippen molar-refractivity contribution in [2.45, 2.75) is 97.9 Å². The van der Waals surface area contributed by atoms with Gasteiger partial charge in [-0.05, 0) is 93.6 Å². The first kappa shape index (κ1) is 32.6. The van der Waals surface area contributed by atoms with Crippen LogP contribution in [-0.4, -0.2) is 50.6 Å². The van der Waals surface area contributed by atoms with Crippen molar-refractivity contribution in [2.24, 2.45) is 5.92 Å². The van der Waals surface area contributed by atoms with Crippen LogP contribution in [0, 0.1) is 5.92 Å². The van der Waals surface area contributed by atoms with Crippen molar-refractivity contribution in [2.75, 3.05) is 7.11 Å². The van der Waals surface area contributed by atoms with Gasteiger partial charge >= 0.3 is 12.1 Å². The van der Waals surface area contributed by atoms with Gasteiger partial charge in [0.05, 0.1) is 19.6 Å². The van der Waals surface area contributed by atoms with E-state index in [1.165, 1.54) is 0 Å². The van der Waals surface area contributed by atoms with Gasteiger partial charge in [0.2, 0.25) is 0 Å². The fraction of sp³-hybridized carbons (Fsp3) is 0.531. The van der Waals surface area contributed by atoms with Gasteiger partial charge in [0.15, 0.2) is 5.82 Å². The van der Waals surface area contributed by atoms with E-state index in [0.29, 0.717) is 31.8 Å². The molecule has 0 aliphatic heterocycles. The van der Waals surface area contributed by atoms with Crippen molar-refractivity contribution < 1.29 is 23.8 Å². The molecule has 0 saturated heterocycles. The lowest BCUT2D eigenvalue weighted by Gasteiger charge is -2.29. The van der Waals surface area contributed by atoms with Crippen LogP contribution in [0.4, 0.5) is 4.79 Å². The fourth-order valence-electron chi connectivity index (χ4n) is 4.61. The first-order chi connectivity index (χ1) is 19.8. The minimum Gasteiger partial charge on any atom is -0.497 e. The maximum absolute atomic E-state index is 13.6. The number of amides is 1. The first-order valence-electron chi connectivity index (χ1n) is 14.4. The van der Waals surface area contributed by atoms with Crippen LogP contribution in [0.25, 0.3) is 0 Å². The zero-order valence-corrected chi connectivity index (χ0v) is 26.1. The number of carbonyl (C=O) groups excluding carboxylic acids is 2. The molecule has 0 spiro atoms. The summed E-state index contributed by atoms with van der Waals surface area (Å²) >= 11 is 0. The molecule has 1 amide bonds. The molecule has 1 heterocycles. The molecule has 2 aromatic carbocycles. The number of methoxy groups -OCH3 is 1. The third kappa shape index (κ3) is 10.2. The number of carbonyl (C=O) groups is 2. The zero-order valence-electron chi connectivity index (χ0n) is 26.1. The van der Waals surface area contributed by atoms with Gasteiger partial charge in [-0.1, -0.05) is 49.7 Å². The molecule has 1 unspecified atom stereocenters. The standard InChI is InChI=1S/C32H45N5O5/c1-9-10-26(29(38)41-31(2,3)4)27(28-34-35-36-37(28)21-24-15-17-25(40-8)18-16-24)19-22-11-13-23(14-12-22)20-33-30(39)42-32(5,6)7/h11-18,26-27H,9-10,19-21H2,1-8H3,(H,33,39)/t26?,27-/m0/s1. The second kappa shape index (κ2) is 14.3. The maximum Gasteiger partial charge on any atom is 0.407 e. The highest BCUT2D eigenvalue weighted by molar-refractivity contribution is 5.74. The predicted molar refractivity (Wildman–Crippen MR) is 160 cm³/mol. The SMILES string of the molecule is CCCC(C(=O)OC(C)(C)C)[C@H](Cc1ccc(CNC(=O)OC(C)(C)C)cc1)c1nnnn1Cc1ccc(OC)cc1. The molecule has 3 rings (SSSR count). The molecule has 10 nitrogen and oxygen atoms in total. The van der Waals surface area contributed by atoms with Crippen molar-refractivity contribution in [1.29, 1.82) is 0 Å². The van der Waals surface area contributed by atoms with E-state index < -0.39 is 23.2 Å². The van der Waals surface area contributed by atoms with Crippen LogP contribution >= 0.6 is 0 Å². The van der Waals surface area contributed by atoms with Crippen LogP contribution < -0.4 is 10.1 Å². The number of esters is 1. The normalized spacial score (nSPS) is 13.2. The number of benzene rings is 2. The number of ether oxygens (including phenoxy) is 3. The van der Waals surface area contributed by atoms with Crippen LogP contribution in [0.3, 0.4) is 0 Å². The lowest BCUT2D eigenvalue weighted by atomic mass is 9.83. The highest BCUT2D eigenvalue weighted by atomic mass is 16.6. The largest absolute Gasteiger partial charge is 0.497 e. The Morgan fingerprint density at radius 1 is 0.881 bits per heavy atom. The van der Waals surface area contributed by atoms with E-state index >= 15 is 0 Å². The smallest absolute Gasteiger partial charge is 0.407 e. The molecule has 228 valence electrons. The van der Waals surface area contributed by atoms with Gasteiger partial charge in [0, 0.05) is 12.5 Å². The molecule has 10 heteroatoms. The van der Waals surface area contributed by atoms with E-state index in [1.807, 2.05) is 90.1 Å². The Morgan fingerprint density at radius 3 is 2.05 bits per heavy atom. The summed E-state index contributed by atoms with van der Waals surface area (Å²) in [5.74, 6) is 0.380. The summed E-state index contributed by atoms with van der Waals surface area (Å²) in [4.78, 5) is 25.6. The zero-order chi connectivity index (χ0) is 30.9. The summed E-state index contributed by atoms with van der Waals surface area (Å²) in [6.07, 6.45) is 1.50. The number of hydrogen-bond acceptors (Lipinski definition) is 8. The molecule has 0 fully saturated rings. The molecule has 0 bridgehead atoms. The second-order valence-electron chi connectivity index (χ2n) is 12.5. The van der Waals surface area contributed by atoms with Crippen LogP contribution in [-0.2, 0) is 33.8 Å². The molecule has 42 heavy (non-hydrogen) atoms. The third-order valence-electron chi connectivity index (χ3n) is 6.49. The highest BCUT2D eigenvalue weighted by Gasteiger charge is 2.36. The van der Waals surface area contributed by atoms with E-state index in [4.69, 9.17) is 14.2 Å². The van der Waals surface area contributed by atoms with Crippen LogP contribution in [0.2, 0.25) is 0 Å². The van der Waals surface area contributed by atoms with Crippen molar-refractivity contribution >= 4 is 12.1 Å². The Kier molecular flexibility index (Phi) is 11.1. The third-order valence-corrected chi connectivity index (χ3v) is 6.49. The van der Waals surface area contributed by atoms with E-state index in [0.717, 1.165) is 28.9 Å². The van der Waals surface area contributed by atoms with Gasteiger partial charge < -0.3 is 19.5 Å². The number of tetrazole rings is 1. The number of alkyl carbamates (subject to hydrolysis) is 1. The highest BCUT2D eigenvalue weighted by Crippen LogP contribution is 2.33. The molecule has 0 aliphatic carbocycles. The number of nitrogens with one attached hydrogen (secondary N) is 1. The Hall–Kier alpha value is -3.95. The number of rotatable bonds is 12. The lowest BCUT2D eigenvalue weighted by Crippen LogP contribution is -2.33. The number of nitrogens with zero attached hydrogens (tertiary/aromatic N) is 4. The quantitative estimate of drug-likeness (QED) is 0.266. The molecule has 0 aliphatic rings. The minimum absolute atomic E-state index is 0.258. The summed E-state index contributed by atoms with van der Waals surface area (Å²) in [7, 11) is 1.63. The summed E-state index contributed by atoms with van der Waals surface area (Å²) in [5.41, 5.74) is 1.78. The number of hydrogen-bond donors (Lipinski definition) is 1. The Morgan fingerprint density at radius 2 is 1.48 bits per heavy atom. The van der Waals surface area contributed by atoms with E-state index in [9.17, 15) is 9.59 Å². The molecule has 1 N–H and O–H groups in total. The van der Waals surface area contributed by atoms with Gasteiger partial charge in [-0.15, -0.1) is 5.10 Å². The minimum atomic E-state index is -0.620. The topological polar surface area (TPSA) is 117 Å². The van der Waals surface area contributed by atoms with Crippen LogP contribution in [0.5, 0.6) is 5.75 Å². The molecule has 3 aromatic rings. The van der Waals surface area contributed by atoms with Crippen molar-refractivity contribution in [3.05, 3.63) is 71.0 Å². The van der Waals surface area contributed by atoms with Crippen molar-refractivity contribution in [3.63, 3.8) is 0 Å². The summed E-state index contributed by atoms with van der Waals surface area (Å²) in [5, 5.41) is 15.5. The Bertz CT molecular complexity index is 1290. The van der Waals surface area contributed by atoms with Crippen LogP contribution in [0.15, 0.2) is 48.5 Å². The molecule has 0 radical (unpaired) electrons. The molecular weight excluding hydrogens is 534 g/mol. The molecule has 0 saturated carbocycles. The van der Waals surface area contributed by atoms with E-state index in [2.05, 4.69) is 27.8 Å². The number of aromatic nitrogens is 4. The maximum atomic E-state index is 13.6. The molecule has 2 atom stereocenters. The summed E-state index contributed by atoms with van der Waals surface area (Å²) < 4.78 is 18.3. The van der Waals surface area contributed by atoms with E-state index in [1.54, 1.807) is 11.8 Å². The monoisotopic (exact) mass is 579 g/mol. The average molecular weight is 580 g/mol. The van der Waals surface area contributed by atoms with Gasteiger partial charge in [0.1, 0.15) is 17.0 Å². The Balaban J connectivity index is 1.88. The van der Waals surface area contributed by atoms with Gasteiger partial charge in [-0.2, -0.15) is 0 Å². The Labute approximate surface area is 249 Å². The second-order valence-corrected chi connectivity index (χ2v) is 12.5.